The fourth-order valence-electron chi connectivity index (χ4n) is 4.02. The first-order valence-corrected chi connectivity index (χ1v) is 10.6. The molecule has 0 radical (unpaired) electrons. The average Bonchev–Trinajstić information content (AvgIpc) is 2.69. The fraction of sp³-hybridized carbons (Fsp3) is 0.565. The van der Waals surface area contributed by atoms with Gasteiger partial charge in [0.1, 0.15) is 11.3 Å². The molecule has 6 nitrogen and oxygen atoms in total. The predicted molar refractivity (Wildman–Crippen MR) is 112 cm³/mol. The number of ether oxygens (including phenoxy) is 1. The van der Waals surface area contributed by atoms with E-state index in [0.717, 1.165) is 36.8 Å². The van der Waals surface area contributed by atoms with Crippen molar-refractivity contribution >= 4 is 16.9 Å². The first-order valence-electron chi connectivity index (χ1n) is 10.6. The molecule has 3 rings (SSSR count). The number of phenols is 1. The molecule has 2 heterocycles. The number of nitrogens with zero attached hydrogens (tertiary/aromatic N) is 1. The first kappa shape index (κ1) is 21.4. The molecule has 2 aromatic rings. The van der Waals surface area contributed by atoms with E-state index >= 15 is 0 Å². The molecule has 0 amide bonds. The molecule has 1 fully saturated rings. The van der Waals surface area contributed by atoms with Gasteiger partial charge in [0.25, 0.3) is 0 Å². The highest BCUT2D eigenvalue weighted by Gasteiger charge is 2.24. The van der Waals surface area contributed by atoms with Crippen LogP contribution in [0.25, 0.3) is 11.0 Å². The van der Waals surface area contributed by atoms with Gasteiger partial charge >= 0.3 is 11.6 Å². The fourth-order valence-corrected chi connectivity index (χ4v) is 4.02. The Bertz CT molecular complexity index is 933. The van der Waals surface area contributed by atoms with Crippen molar-refractivity contribution in [1.29, 1.82) is 0 Å². The van der Waals surface area contributed by atoms with Crippen LogP contribution in [0.5, 0.6) is 5.75 Å². The maximum Gasteiger partial charge on any atom is 0.336 e. The smallest absolute Gasteiger partial charge is 0.336 e. The van der Waals surface area contributed by atoms with Crippen molar-refractivity contribution in [1.82, 2.24) is 4.90 Å². The number of phenolic OH excluding ortho intramolecular Hbond substituents is 1. The van der Waals surface area contributed by atoms with E-state index in [1.165, 1.54) is 12.5 Å². The van der Waals surface area contributed by atoms with Crippen molar-refractivity contribution in [3.63, 3.8) is 0 Å². The number of esters is 1. The maximum atomic E-state index is 12.0. The van der Waals surface area contributed by atoms with Crippen LogP contribution in [0.3, 0.4) is 0 Å². The van der Waals surface area contributed by atoms with E-state index in [1.54, 1.807) is 0 Å². The Hall–Kier alpha value is -2.34. The second-order valence-electron chi connectivity index (χ2n) is 8.02. The zero-order valence-electron chi connectivity index (χ0n) is 17.6. The van der Waals surface area contributed by atoms with Crippen molar-refractivity contribution in [3.05, 3.63) is 39.2 Å². The van der Waals surface area contributed by atoms with Crippen LogP contribution in [0.2, 0.25) is 0 Å². The molecular formula is C23H31NO5. The standard InChI is InChI=1S/C23H31NO5/c1-4-11-28-20(25)9-8-17-13-18-15(2)12-21(26)29-23(18)19(22(17)27)14-24-10-6-5-7-16(24)3/h12-13,16,27H,4-11,14H2,1-3H3. The molecule has 0 bridgehead atoms. The summed E-state index contributed by atoms with van der Waals surface area (Å²) in [6, 6.07) is 3.70. The minimum absolute atomic E-state index is 0.118. The normalized spacial score (nSPS) is 17.6. The maximum absolute atomic E-state index is 12.0. The number of likely N-dealkylation sites (tertiary alicyclic amines) is 1. The van der Waals surface area contributed by atoms with Gasteiger partial charge in [-0.1, -0.05) is 13.3 Å². The molecule has 1 unspecified atom stereocenters. The number of carbonyl (C=O) groups is 1. The predicted octanol–water partition coefficient (Wildman–Crippen LogP) is 4.07. The van der Waals surface area contributed by atoms with Crippen LogP contribution >= 0.6 is 0 Å². The lowest BCUT2D eigenvalue weighted by molar-refractivity contribution is -0.143. The van der Waals surface area contributed by atoms with Crippen molar-refractivity contribution in [2.24, 2.45) is 0 Å². The number of benzene rings is 1. The molecule has 1 aromatic heterocycles. The number of piperidine rings is 1. The lowest BCUT2D eigenvalue weighted by atomic mass is 9.96. The van der Waals surface area contributed by atoms with Gasteiger partial charge in [0.2, 0.25) is 0 Å². The first-order chi connectivity index (χ1) is 13.9. The summed E-state index contributed by atoms with van der Waals surface area (Å²) in [7, 11) is 0. The van der Waals surface area contributed by atoms with Gasteiger partial charge in [-0.2, -0.15) is 0 Å². The van der Waals surface area contributed by atoms with Gasteiger partial charge in [0, 0.05) is 30.5 Å². The number of hydrogen-bond acceptors (Lipinski definition) is 6. The molecule has 1 atom stereocenters. The van der Waals surface area contributed by atoms with E-state index in [-0.39, 0.29) is 18.1 Å². The van der Waals surface area contributed by atoms with Crippen LogP contribution in [-0.2, 0) is 22.5 Å². The number of aryl methyl sites for hydroxylation is 2. The van der Waals surface area contributed by atoms with Crippen molar-refractivity contribution in [2.45, 2.75) is 71.9 Å². The van der Waals surface area contributed by atoms with E-state index in [1.807, 2.05) is 19.9 Å². The largest absolute Gasteiger partial charge is 0.507 e. The molecule has 29 heavy (non-hydrogen) atoms. The summed E-state index contributed by atoms with van der Waals surface area (Å²) in [6.45, 7) is 7.88. The molecule has 1 aromatic carbocycles. The highest BCUT2D eigenvalue weighted by molar-refractivity contribution is 5.86. The Labute approximate surface area is 171 Å². The van der Waals surface area contributed by atoms with Crippen molar-refractivity contribution in [2.75, 3.05) is 13.2 Å². The minimum atomic E-state index is -0.418. The van der Waals surface area contributed by atoms with E-state index in [2.05, 4.69) is 11.8 Å². The number of carbonyl (C=O) groups excluding carboxylic acids is 1. The molecule has 0 aliphatic carbocycles. The summed E-state index contributed by atoms with van der Waals surface area (Å²) >= 11 is 0. The van der Waals surface area contributed by atoms with Crippen LogP contribution in [0.15, 0.2) is 21.3 Å². The van der Waals surface area contributed by atoms with Crippen LogP contribution in [0.4, 0.5) is 0 Å². The third-order valence-corrected chi connectivity index (χ3v) is 5.76. The van der Waals surface area contributed by atoms with E-state index in [9.17, 15) is 14.7 Å². The minimum Gasteiger partial charge on any atom is -0.507 e. The Morgan fingerprint density at radius 2 is 2.14 bits per heavy atom. The van der Waals surface area contributed by atoms with Crippen molar-refractivity contribution in [3.8, 4) is 5.75 Å². The van der Waals surface area contributed by atoms with E-state index in [0.29, 0.717) is 42.3 Å². The Kier molecular flexibility index (Phi) is 6.96. The van der Waals surface area contributed by atoms with E-state index in [4.69, 9.17) is 9.15 Å². The van der Waals surface area contributed by atoms with Crippen LogP contribution < -0.4 is 5.63 Å². The summed E-state index contributed by atoms with van der Waals surface area (Å²) < 4.78 is 10.7. The summed E-state index contributed by atoms with van der Waals surface area (Å²) in [4.78, 5) is 26.3. The molecule has 1 aliphatic heterocycles. The highest BCUT2D eigenvalue weighted by Crippen LogP contribution is 2.35. The van der Waals surface area contributed by atoms with Gasteiger partial charge in [-0.15, -0.1) is 0 Å². The van der Waals surface area contributed by atoms with Gasteiger partial charge in [0.15, 0.2) is 0 Å². The Morgan fingerprint density at radius 1 is 1.34 bits per heavy atom. The van der Waals surface area contributed by atoms with Gasteiger partial charge in [-0.05, 0) is 63.3 Å². The van der Waals surface area contributed by atoms with Crippen molar-refractivity contribution < 1.29 is 19.1 Å². The number of aromatic hydroxyl groups is 1. The zero-order valence-corrected chi connectivity index (χ0v) is 17.6. The SMILES string of the molecule is CCCOC(=O)CCc1cc2c(C)cc(=O)oc2c(CN2CCCCC2C)c1O. The molecule has 1 saturated heterocycles. The summed E-state index contributed by atoms with van der Waals surface area (Å²) in [6.07, 6.45) is 4.81. The van der Waals surface area contributed by atoms with Crippen LogP contribution in [0.1, 0.15) is 62.6 Å². The summed E-state index contributed by atoms with van der Waals surface area (Å²) in [5.74, 6) is -0.152. The molecule has 158 valence electrons. The lowest BCUT2D eigenvalue weighted by Crippen LogP contribution is -2.36. The average molecular weight is 402 g/mol. The quantitative estimate of drug-likeness (QED) is 0.557. The third kappa shape index (κ3) is 4.99. The number of rotatable bonds is 7. The van der Waals surface area contributed by atoms with E-state index < -0.39 is 5.63 Å². The second kappa shape index (κ2) is 9.44. The molecule has 0 spiro atoms. The van der Waals surface area contributed by atoms with Crippen LogP contribution in [-0.4, -0.2) is 35.2 Å². The van der Waals surface area contributed by atoms with Gasteiger partial charge in [-0.3, -0.25) is 9.69 Å². The topological polar surface area (TPSA) is 80.0 Å². The van der Waals surface area contributed by atoms with Gasteiger partial charge < -0.3 is 14.3 Å². The molecule has 0 saturated carbocycles. The third-order valence-electron chi connectivity index (χ3n) is 5.76. The summed E-state index contributed by atoms with van der Waals surface area (Å²) in [5, 5.41) is 11.8. The van der Waals surface area contributed by atoms with Gasteiger partial charge in [-0.25, -0.2) is 4.79 Å². The zero-order chi connectivity index (χ0) is 21.0. The number of fused-ring (bicyclic) bond motifs is 1. The Balaban J connectivity index is 1.98. The number of hydrogen-bond donors (Lipinski definition) is 1. The summed E-state index contributed by atoms with van der Waals surface area (Å²) in [5.41, 5.74) is 2.15. The highest BCUT2D eigenvalue weighted by atomic mass is 16.5. The Morgan fingerprint density at radius 3 is 2.86 bits per heavy atom. The van der Waals surface area contributed by atoms with Gasteiger partial charge in [0.05, 0.1) is 12.2 Å². The molecular weight excluding hydrogens is 370 g/mol. The molecule has 1 aliphatic rings. The lowest BCUT2D eigenvalue weighted by Gasteiger charge is -2.33. The van der Waals surface area contributed by atoms with Crippen LogP contribution in [0, 0.1) is 6.92 Å². The molecule has 1 N–H and O–H groups in total. The monoisotopic (exact) mass is 401 g/mol. The second-order valence-corrected chi connectivity index (χ2v) is 8.02. The molecule has 6 heteroatoms.